The first-order valence-corrected chi connectivity index (χ1v) is 20.5. The van der Waals surface area contributed by atoms with E-state index >= 15 is 0 Å². The Bertz CT molecular complexity index is 1630. The minimum atomic E-state index is -3.75. The van der Waals surface area contributed by atoms with Crippen molar-refractivity contribution in [3.63, 3.8) is 0 Å². The molecule has 1 fully saturated rings. The summed E-state index contributed by atoms with van der Waals surface area (Å²) in [6, 6.07) is 22.8. The van der Waals surface area contributed by atoms with Gasteiger partial charge in [-0.05, 0) is 59.9 Å². The monoisotopic (exact) mass is 773 g/mol. The molecular formula is C39H55N3O9S2. The number of unbranched alkanes of at least 4 members (excludes halogenated alkanes) is 1. The number of nitrogens with zero attached hydrogens (tertiary/aromatic N) is 1. The summed E-state index contributed by atoms with van der Waals surface area (Å²) in [6.45, 7) is 4.26. The largest absolute Gasteiger partial charge is 0.392 e. The number of carbonyl (C=O) groups is 1. The number of urea groups is 1. The van der Waals surface area contributed by atoms with Gasteiger partial charge in [-0.2, -0.15) is 0 Å². The molecule has 3 aromatic carbocycles. The Morgan fingerprint density at radius 2 is 1.83 bits per heavy atom. The molecular weight excluding hydrogens is 719 g/mol. The van der Waals surface area contributed by atoms with Crippen molar-refractivity contribution in [2.75, 3.05) is 43.8 Å². The Labute approximate surface area is 319 Å². The quantitative estimate of drug-likeness (QED) is 0.0915. The molecule has 5 rings (SSSR count). The van der Waals surface area contributed by atoms with Gasteiger partial charge in [-0.1, -0.05) is 69.2 Å². The number of ether oxygens (including phenoxy) is 2. The Morgan fingerprint density at radius 1 is 1.06 bits per heavy atom. The number of aliphatic hydroxyl groups is 2. The Kier molecular flexibility index (Phi) is 14.5. The smallest absolute Gasteiger partial charge is 0.321 e. The molecule has 14 heteroatoms. The van der Waals surface area contributed by atoms with Crippen LogP contribution in [0.25, 0.3) is 0 Å². The standard InChI is InChI=1S/C39H55N3O9S2/c1-6-8-19-39(7-2)25-52-33-18-17-29(42(3)4)21-31(33)34(36(39)44)27-15-12-16-28(20-27)40-38(45)41-37-35(43)32(49-23-26-13-10-9-11-14-26)22-30(51-37)24-50-53(46,47)48-5/h9-18,20-21,30,32,34-37,43-44,46-47H,6-8,19,22-25H2,1-5H3,(H2,40,41,45)/t30-,32-,34+,35+,36+,37+,39+/m0/s1. The van der Waals surface area contributed by atoms with Crippen molar-refractivity contribution in [2.24, 2.45) is 5.41 Å². The summed E-state index contributed by atoms with van der Waals surface area (Å²) in [6.07, 6.45) is -0.707. The first kappa shape index (κ1) is 41.3. The van der Waals surface area contributed by atoms with E-state index in [1.807, 2.05) is 74.4 Å². The summed E-state index contributed by atoms with van der Waals surface area (Å²) >= 11 is -1.94. The van der Waals surface area contributed by atoms with E-state index < -0.39 is 47.8 Å². The minimum Gasteiger partial charge on any atom is -0.392 e. The minimum absolute atomic E-state index is 0.158. The fraction of sp³-hybridized carbons (Fsp3) is 0.513. The van der Waals surface area contributed by atoms with Crippen LogP contribution in [0.4, 0.5) is 16.2 Å². The third-order valence-electron chi connectivity index (χ3n) is 10.3. The molecule has 2 amide bonds. The van der Waals surface area contributed by atoms with Crippen molar-refractivity contribution in [3.8, 4) is 0 Å². The predicted octanol–water partition coefficient (Wildman–Crippen LogP) is 7.36. The SMILES string of the molecule is CCCC[C@]1(CC)CSc2ccc(N(C)C)cc2[C@@H](c2cccc(NC(=O)N[C@@H]3O[C@H](COS(O)(O)OC)C[C@H](OCc4ccccc4)[C@H]3O)c2)[C@H]1O. The second-order valence-electron chi connectivity index (χ2n) is 14.0. The average molecular weight is 774 g/mol. The number of amides is 2. The summed E-state index contributed by atoms with van der Waals surface area (Å²) in [5.41, 5.74) is 4.08. The highest BCUT2D eigenvalue weighted by Gasteiger charge is 2.45. The molecule has 0 spiro atoms. The fourth-order valence-electron chi connectivity index (χ4n) is 7.04. The van der Waals surface area contributed by atoms with Gasteiger partial charge in [-0.15, -0.1) is 11.8 Å². The molecule has 0 unspecified atom stereocenters. The van der Waals surface area contributed by atoms with E-state index in [1.165, 1.54) is 0 Å². The van der Waals surface area contributed by atoms with E-state index in [-0.39, 0.29) is 31.0 Å². The highest BCUT2D eigenvalue weighted by atomic mass is 32.3. The number of anilines is 2. The third-order valence-corrected chi connectivity index (χ3v) is 12.5. The summed E-state index contributed by atoms with van der Waals surface area (Å²) in [5.74, 6) is 0.471. The molecule has 3 aromatic rings. The topological polar surface area (TPSA) is 162 Å². The van der Waals surface area contributed by atoms with Crippen LogP contribution >= 0.6 is 22.9 Å². The van der Waals surface area contributed by atoms with Crippen molar-refractivity contribution >= 4 is 40.3 Å². The molecule has 6 N–H and O–H groups in total. The number of aliphatic hydroxyl groups excluding tert-OH is 2. The first-order valence-electron chi connectivity index (χ1n) is 18.2. The van der Waals surface area contributed by atoms with E-state index in [4.69, 9.17) is 13.7 Å². The highest BCUT2D eigenvalue weighted by Crippen LogP contribution is 2.51. The van der Waals surface area contributed by atoms with Gasteiger partial charge >= 0.3 is 6.03 Å². The number of carbonyl (C=O) groups excluding carboxylic acids is 1. The highest BCUT2D eigenvalue weighted by molar-refractivity contribution is 8.15. The van der Waals surface area contributed by atoms with Crippen molar-refractivity contribution in [3.05, 3.63) is 89.5 Å². The number of benzene rings is 3. The molecule has 2 heterocycles. The maximum Gasteiger partial charge on any atom is 0.321 e. The summed E-state index contributed by atoms with van der Waals surface area (Å²) in [5, 5.41) is 29.3. The van der Waals surface area contributed by atoms with Crippen LogP contribution in [0.1, 0.15) is 68.6 Å². The number of hydrogen-bond donors (Lipinski definition) is 6. The van der Waals surface area contributed by atoms with Crippen molar-refractivity contribution in [2.45, 2.75) is 94.0 Å². The Hall–Kier alpha value is -2.89. The van der Waals surface area contributed by atoms with Gasteiger partial charge < -0.3 is 35.2 Å². The molecule has 0 aromatic heterocycles. The van der Waals surface area contributed by atoms with Crippen LogP contribution in [-0.2, 0) is 24.4 Å². The number of rotatable bonds is 15. The van der Waals surface area contributed by atoms with Gasteiger partial charge in [0.05, 0.1) is 38.6 Å². The van der Waals surface area contributed by atoms with Crippen molar-refractivity contribution in [1.29, 1.82) is 0 Å². The molecule has 12 nitrogen and oxygen atoms in total. The lowest BCUT2D eigenvalue weighted by Gasteiger charge is -2.40. The zero-order valence-electron chi connectivity index (χ0n) is 31.1. The lowest BCUT2D eigenvalue weighted by molar-refractivity contribution is -0.197. The molecule has 292 valence electrons. The first-order chi connectivity index (χ1) is 25.4. The van der Waals surface area contributed by atoms with Crippen LogP contribution in [0.5, 0.6) is 0 Å². The number of fused-ring (bicyclic) bond motifs is 1. The molecule has 7 atom stereocenters. The molecule has 1 saturated heterocycles. The molecule has 2 aliphatic heterocycles. The van der Waals surface area contributed by atoms with Crippen LogP contribution in [0, 0.1) is 5.41 Å². The lowest BCUT2D eigenvalue weighted by Crippen LogP contribution is -2.58. The number of thioether (sulfide) groups is 1. The van der Waals surface area contributed by atoms with Crippen LogP contribution in [0.3, 0.4) is 0 Å². The van der Waals surface area contributed by atoms with E-state index in [2.05, 4.69) is 51.8 Å². The van der Waals surface area contributed by atoms with Crippen molar-refractivity contribution < 1.29 is 42.0 Å². The van der Waals surface area contributed by atoms with Gasteiger partial charge in [-0.25, -0.2) is 4.79 Å². The zero-order chi connectivity index (χ0) is 38.2. The second-order valence-corrected chi connectivity index (χ2v) is 16.5. The predicted molar refractivity (Wildman–Crippen MR) is 210 cm³/mol. The van der Waals surface area contributed by atoms with Crippen LogP contribution in [0.2, 0.25) is 0 Å². The third kappa shape index (κ3) is 10.5. The molecule has 0 radical (unpaired) electrons. The molecule has 0 bridgehead atoms. The molecule has 53 heavy (non-hydrogen) atoms. The lowest BCUT2D eigenvalue weighted by atomic mass is 9.69. The summed E-state index contributed by atoms with van der Waals surface area (Å²) < 4.78 is 41.6. The molecule has 0 aliphatic carbocycles. The molecule has 2 aliphatic rings. The Morgan fingerprint density at radius 3 is 2.53 bits per heavy atom. The molecule has 0 saturated carbocycles. The van der Waals surface area contributed by atoms with E-state index in [0.29, 0.717) is 5.69 Å². The van der Waals surface area contributed by atoms with Gasteiger partial charge in [0.15, 0.2) is 6.23 Å². The van der Waals surface area contributed by atoms with E-state index in [0.717, 1.165) is 65.8 Å². The zero-order valence-corrected chi connectivity index (χ0v) is 32.8. The van der Waals surface area contributed by atoms with Gasteiger partial charge in [0.2, 0.25) is 11.2 Å². The summed E-state index contributed by atoms with van der Waals surface area (Å²) in [4.78, 5) is 16.7. The Balaban J connectivity index is 1.37. The average Bonchev–Trinajstić information content (AvgIpc) is 3.27. The maximum atomic E-state index is 13.5. The number of hydrogen-bond acceptors (Lipinski definition) is 11. The fourth-order valence-corrected chi connectivity index (χ4v) is 8.95. The van der Waals surface area contributed by atoms with E-state index in [9.17, 15) is 24.1 Å². The van der Waals surface area contributed by atoms with Crippen molar-refractivity contribution in [1.82, 2.24) is 5.32 Å². The summed E-state index contributed by atoms with van der Waals surface area (Å²) in [7, 11) is 5.12. The van der Waals surface area contributed by atoms with Gasteiger partial charge in [-0.3, -0.25) is 17.5 Å². The van der Waals surface area contributed by atoms with E-state index in [1.54, 1.807) is 6.07 Å². The van der Waals surface area contributed by atoms with Crippen LogP contribution in [0.15, 0.2) is 77.7 Å². The van der Waals surface area contributed by atoms with Gasteiger partial charge in [0.25, 0.3) is 0 Å². The van der Waals surface area contributed by atoms with Crippen LogP contribution < -0.4 is 15.5 Å². The normalized spacial score (nSPS) is 26.3. The second kappa shape index (κ2) is 18.6. The van der Waals surface area contributed by atoms with Crippen LogP contribution in [-0.4, -0.2) is 89.6 Å². The number of nitrogens with one attached hydrogen (secondary N) is 2. The van der Waals surface area contributed by atoms with Gasteiger partial charge in [0, 0.05) is 53.9 Å². The maximum absolute atomic E-state index is 13.5. The van der Waals surface area contributed by atoms with Gasteiger partial charge in [0.1, 0.15) is 6.10 Å².